The summed E-state index contributed by atoms with van der Waals surface area (Å²) in [7, 11) is 0. The summed E-state index contributed by atoms with van der Waals surface area (Å²) >= 11 is 0. The minimum Gasteiger partial charge on any atom is -0.456 e. The summed E-state index contributed by atoms with van der Waals surface area (Å²) in [5.74, 6) is -0.878. The molecule has 8 heteroatoms. The summed E-state index contributed by atoms with van der Waals surface area (Å²) in [4.78, 5) is 22.6. The fraction of sp³-hybridized carbons (Fsp3) is 0.526. The molecule has 1 aromatic rings. The number of rotatable bonds is 2. The zero-order valence-corrected chi connectivity index (χ0v) is 16.0. The first-order valence-electron chi connectivity index (χ1n) is 9.14. The number of nitrogens with zero attached hydrogens (tertiary/aromatic N) is 3. The van der Waals surface area contributed by atoms with Gasteiger partial charge < -0.3 is 16.2 Å². The van der Waals surface area contributed by atoms with Crippen molar-refractivity contribution >= 4 is 23.6 Å². The molecule has 0 bridgehead atoms. The Morgan fingerprint density at radius 3 is 2.52 bits per heavy atom. The first-order chi connectivity index (χ1) is 12.6. The molecular formula is C19H26FN5O2. The Kier molecular flexibility index (Phi) is 4.84. The number of nitrogens with two attached hydrogens (primary N) is 2. The normalized spacial score (nSPS) is 19.5. The highest BCUT2D eigenvalue weighted by Gasteiger charge is 2.43. The predicted octanol–water partition coefficient (Wildman–Crippen LogP) is 2.89. The van der Waals surface area contributed by atoms with Gasteiger partial charge in [0.1, 0.15) is 17.1 Å². The average molecular weight is 375 g/mol. The van der Waals surface area contributed by atoms with E-state index in [0.29, 0.717) is 12.8 Å². The van der Waals surface area contributed by atoms with Crippen molar-refractivity contribution in [2.24, 2.45) is 21.5 Å². The number of hydrogen-bond acceptors (Lipinski definition) is 7. The molecule has 27 heavy (non-hydrogen) atoms. The quantitative estimate of drug-likeness (QED) is 0.773. The summed E-state index contributed by atoms with van der Waals surface area (Å²) in [6, 6.07) is 4.08. The number of halogens is 1. The minimum absolute atomic E-state index is 0.0737. The predicted molar refractivity (Wildman–Crippen MR) is 103 cm³/mol. The second-order valence-electron chi connectivity index (χ2n) is 7.99. The number of benzene rings is 1. The van der Waals surface area contributed by atoms with Crippen molar-refractivity contribution in [3.05, 3.63) is 29.6 Å². The van der Waals surface area contributed by atoms with Crippen LogP contribution in [0.3, 0.4) is 0 Å². The van der Waals surface area contributed by atoms with Crippen LogP contribution in [0, 0.1) is 5.82 Å². The fourth-order valence-corrected chi connectivity index (χ4v) is 3.62. The van der Waals surface area contributed by atoms with Crippen LogP contribution in [0.4, 0.5) is 10.1 Å². The molecule has 0 saturated heterocycles. The standard InChI is InChI=1S/C19H26FN5O2/c1-18(2,3)27-15(26)12-7-8-13(20)14(11-12)25-17(22)23-16(21)24-19(25)9-5-4-6-10-19/h7-8,11H,4-6,9-10H2,1-3H3,(H4,21,22,23,24). The lowest BCUT2D eigenvalue weighted by Gasteiger charge is -2.45. The van der Waals surface area contributed by atoms with Crippen LogP contribution in [-0.4, -0.2) is 29.2 Å². The van der Waals surface area contributed by atoms with Gasteiger partial charge in [0.05, 0.1) is 11.3 Å². The van der Waals surface area contributed by atoms with Gasteiger partial charge in [0.15, 0.2) is 0 Å². The molecule has 1 spiro atoms. The molecule has 2 aliphatic rings. The summed E-state index contributed by atoms with van der Waals surface area (Å²) in [5.41, 5.74) is 10.9. The molecule has 146 valence electrons. The molecule has 0 aromatic heterocycles. The lowest BCUT2D eigenvalue weighted by molar-refractivity contribution is 0.00694. The molecule has 1 saturated carbocycles. The van der Waals surface area contributed by atoms with E-state index in [1.54, 1.807) is 25.7 Å². The summed E-state index contributed by atoms with van der Waals surface area (Å²) in [6.45, 7) is 5.33. The lowest BCUT2D eigenvalue weighted by Crippen LogP contribution is -2.58. The van der Waals surface area contributed by atoms with Crippen molar-refractivity contribution in [3.8, 4) is 0 Å². The van der Waals surface area contributed by atoms with Crippen molar-refractivity contribution in [2.75, 3.05) is 4.90 Å². The molecular weight excluding hydrogens is 349 g/mol. The highest BCUT2D eigenvalue weighted by Crippen LogP contribution is 2.40. The van der Waals surface area contributed by atoms with Gasteiger partial charge in [0.2, 0.25) is 11.9 Å². The molecule has 1 heterocycles. The molecule has 7 nitrogen and oxygen atoms in total. The topological polar surface area (TPSA) is 106 Å². The molecule has 1 aliphatic carbocycles. The largest absolute Gasteiger partial charge is 0.456 e. The molecule has 3 rings (SSSR count). The van der Waals surface area contributed by atoms with Gasteiger partial charge in [-0.1, -0.05) is 6.42 Å². The third kappa shape index (κ3) is 3.89. The maximum absolute atomic E-state index is 14.8. The Morgan fingerprint density at radius 1 is 1.22 bits per heavy atom. The highest BCUT2D eigenvalue weighted by molar-refractivity contribution is 6.06. The van der Waals surface area contributed by atoms with E-state index in [9.17, 15) is 9.18 Å². The Balaban J connectivity index is 2.04. The van der Waals surface area contributed by atoms with E-state index in [1.807, 2.05) is 0 Å². The van der Waals surface area contributed by atoms with Crippen LogP contribution < -0.4 is 16.4 Å². The number of aliphatic imine (C=N–C) groups is 2. The molecule has 4 N–H and O–H groups in total. The Bertz CT molecular complexity index is 807. The van der Waals surface area contributed by atoms with Gasteiger partial charge in [-0.3, -0.25) is 4.90 Å². The average Bonchev–Trinajstić information content (AvgIpc) is 2.54. The summed E-state index contributed by atoms with van der Waals surface area (Å²) in [6.07, 6.45) is 4.28. The van der Waals surface area contributed by atoms with Crippen molar-refractivity contribution in [1.82, 2.24) is 0 Å². The van der Waals surface area contributed by atoms with Gasteiger partial charge in [-0.25, -0.2) is 14.2 Å². The summed E-state index contributed by atoms with van der Waals surface area (Å²) < 4.78 is 20.2. The number of guanidine groups is 2. The number of anilines is 1. The monoisotopic (exact) mass is 375 g/mol. The second kappa shape index (κ2) is 6.83. The van der Waals surface area contributed by atoms with E-state index in [0.717, 1.165) is 19.3 Å². The van der Waals surface area contributed by atoms with Gasteiger partial charge >= 0.3 is 5.97 Å². The molecule has 1 fully saturated rings. The van der Waals surface area contributed by atoms with Crippen molar-refractivity contribution in [3.63, 3.8) is 0 Å². The zero-order chi connectivity index (χ0) is 19.8. The van der Waals surface area contributed by atoms with Crippen molar-refractivity contribution in [1.29, 1.82) is 0 Å². The third-order valence-corrected chi connectivity index (χ3v) is 4.67. The van der Waals surface area contributed by atoms with E-state index < -0.39 is 23.1 Å². The molecule has 0 atom stereocenters. The Labute approximate surface area is 158 Å². The van der Waals surface area contributed by atoms with Crippen molar-refractivity contribution < 1.29 is 13.9 Å². The van der Waals surface area contributed by atoms with E-state index in [-0.39, 0.29) is 23.2 Å². The Morgan fingerprint density at radius 2 is 1.89 bits per heavy atom. The van der Waals surface area contributed by atoms with Crippen LogP contribution in [0.5, 0.6) is 0 Å². The van der Waals surface area contributed by atoms with Crippen LogP contribution >= 0.6 is 0 Å². The van der Waals surface area contributed by atoms with Crippen LogP contribution in [-0.2, 0) is 4.74 Å². The van der Waals surface area contributed by atoms with Gasteiger partial charge in [0, 0.05) is 0 Å². The van der Waals surface area contributed by atoms with Crippen molar-refractivity contribution in [2.45, 2.75) is 64.1 Å². The SMILES string of the molecule is CC(C)(C)OC(=O)c1ccc(F)c(N2C(N)=NC(N)=NC23CCCCC3)c1. The number of hydrogen-bond donors (Lipinski definition) is 2. The molecule has 1 aliphatic heterocycles. The highest BCUT2D eigenvalue weighted by atomic mass is 19.1. The number of carbonyl (C=O) groups is 1. The van der Waals surface area contributed by atoms with Gasteiger partial charge in [-0.15, -0.1) is 0 Å². The van der Waals surface area contributed by atoms with Gasteiger partial charge in [0.25, 0.3) is 0 Å². The van der Waals surface area contributed by atoms with Crippen LogP contribution in [0.25, 0.3) is 0 Å². The van der Waals surface area contributed by atoms with Gasteiger partial charge in [-0.2, -0.15) is 4.99 Å². The second-order valence-corrected chi connectivity index (χ2v) is 7.99. The third-order valence-electron chi connectivity index (χ3n) is 4.67. The molecule has 0 radical (unpaired) electrons. The minimum atomic E-state index is -0.776. The fourth-order valence-electron chi connectivity index (χ4n) is 3.62. The molecule has 0 unspecified atom stereocenters. The van der Waals surface area contributed by atoms with Crippen LogP contribution in [0.1, 0.15) is 63.2 Å². The molecule has 0 amide bonds. The number of ether oxygens (including phenoxy) is 1. The summed E-state index contributed by atoms with van der Waals surface area (Å²) in [5, 5.41) is 0. The van der Waals surface area contributed by atoms with E-state index >= 15 is 0 Å². The zero-order valence-electron chi connectivity index (χ0n) is 16.0. The number of carbonyl (C=O) groups excluding carboxylic acids is 1. The smallest absolute Gasteiger partial charge is 0.338 e. The lowest BCUT2D eigenvalue weighted by atomic mass is 9.87. The van der Waals surface area contributed by atoms with E-state index in [4.69, 9.17) is 16.2 Å². The van der Waals surface area contributed by atoms with Crippen LogP contribution in [0.2, 0.25) is 0 Å². The van der Waals surface area contributed by atoms with E-state index in [2.05, 4.69) is 9.98 Å². The number of esters is 1. The molecule has 1 aromatic carbocycles. The first kappa shape index (κ1) is 19.1. The van der Waals surface area contributed by atoms with Gasteiger partial charge in [-0.05, 0) is 64.7 Å². The van der Waals surface area contributed by atoms with E-state index in [1.165, 1.54) is 18.2 Å². The maximum Gasteiger partial charge on any atom is 0.338 e. The van der Waals surface area contributed by atoms with Crippen LogP contribution in [0.15, 0.2) is 28.2 Å². The maximum atomic E-state index is 14.8. The Hall–Kier alpha value is -2.64. The first-order valence-corrected chi connectivity index (χ1v) is 9.14.